The van der Waals surface area contributed by atoms with Gasteiger partial charge >= 0.3 is 0 Å². The smallest absolute Gasteiger partial charge is 0.0705 e. The van der Waals surface area contributed by atoms with Gasteiger partial charge in [-0.05, 0) is 183 Å². The molecule has 0 amide bonds. The van der Waals surface area contributed by atoms with Crippen LogP contribution in [-0.4, -0.2) is 12.2 Å². The Kier molecular flexibility index (Phi) is 6.42. The molecule has 0 aromatic rings. The minimum atomic E-state index is 0.286. The van der Waals surface area contributed by atoms with E-state index in [4.69, 9.17) is 4.74 Å². The first-order valence-electron chi connectivity index (χ1n) is 19.1. The van der Waals surface area contributed by atoms with Crippen LogP contribution in [0.2, 0.25) is 0 Å². The Balaban J connectivity index is 0.0000000839. The van der Waals surface area contributed by atoms with E-state index in [1.54, 1.807) is 19.3 Å². The van der Waals surface area contributed by atoms with Crippen LogP contribution in [0.5, 0.6) is 0 Å². The maximum absolute atomic E-state index is 5.93. The van der Waals surface area contributed by atoms with Crippen molar-refractivity contribution in [2.24, 2.45) is 99.1 Å². The van der Waals surface area contributed by atoms with Gasteiger partial charge in [0.25, 0.3) is 0 Å². The fourth-order valence-electron chi connectivity index (χ4n) is 14.6. The molecule has 13 saturated carbocycles. The summed E-state index contributed by atoms with van der Waals surface area (Å²) in [7, 11) is 0. The van der Waals surface area contributed by atoms with Crippen LogP contribution < -0.4 is 0 Å². The fraction of sp³-hybridized carbons (Fsp3) is 1.00. The van der Waals surface area contributed by atoms with Gasteiger partial charge in [0, 0.05) is 0 Å². The van der Waals surface area contributed by atoms with Crippen LogP contribution >= 0.6 is 0 Å². The summed E-state index contributed by atoms with van der Waals surface area (Å²) in [5.74, 6) is 15.8. The predicted octanol–water partition coefficient (Wildman–Crippen LogP) is 10.7. The van der Waals surface area contributed by atoms with Gasteiger partial charge in [-0.25, -0.2) is 0 Å². The SMILES string of the molecule is CC(C)C12C3C4C5C3C1C5C42.CC(C)C12CC(C1)C2.CC(C)C12CCC(CC1)CC2.CC(C)C12CCC(CC1)CO2. The quantitative estimate of drug-likeness (QED) is 0.331. The molecule has 15 aliphatic rings. The molecule has 0 unspecified atom stereocenters. The molecular weight excluding hydrogens is 496 g/mol. The Morgan fingerprint density at radius 2 is 0.927 bits per heavy atom. The molecule has 0 spiro atoms. The van der Waals surface area contributed by atoms with E-state index < -0.39 is 0 Å². The Hall–Kier alpha value is -0.0400. The molecule has 13 aliphatic carbocycles. The third-order valence-electron chi connectivity index (χ3n) is 17.9. The average Bonchev–Trinajstić information content (AvgIpc) is 2.94. The van der Waals surface area contributed by atoms with E-state index in [9.17, 15) is 0 Å². The van der Waals surface area contributed by atoms with Crippen LogP contribution in [0.3, 0.4) is 0 Å². The van der Waals surface area contributed by atoms with Crippen molar-refractivity contribution in [2.45, 2.75) is 144 Å². The number of hydrogen-bond donors (Lipinski definition) is 0. The normalized spacial score (nSPS) is 57.1. The molecule has 2 aliphatic heterocycles. The van der Waals surface area contributed by atoms with Gasteiger partial charge in [-0.2, -0.15) is 0 Å². The molecule has 6 bridgehead atoms. The first-order valence-corrected chi connectivity index (χ1v) is 19.1. The highest BCUT2D eigenvalue weighted by molar-refractivity contribution is 5.50. The molecule has 0 atom stereocenters. The second kappa shape index (κ2) is 9.25. The van der Waals surface area contributed by atoms with Gasteiger partial charge < -0.3 is 4.74 Å². The van der Waals surface area contributed by atoms with Crippen molar-refractivity contribution in [1.29, 1.82) is 0 Å². The number of ether oxygens (including phenoxy) is 1. The third kappa shape index (κ3) is 3.46. The van der Waals surface area contributed by atoms with E-state index in [1.807, 2.05) is 0 Å². The van der Waals surface area contributed by atoms with Crippen molar-refractivity contribution in [1.82, 2.24) is 0 Å². The van der Waals surface area contributed by atoms with E-state index in [0.29, 0.717) is 5.92 Å². The Morgan fingerprint density at radius 3 is 1.15 bits per heavy atom. The highest BCUT2D eigenvalue weighted by Crippen LogP contribution is 3.07. The van der Waals surface area contributed by atoms with Crippen molar-refractivity contribution in [3.63, 3.8) is 0 Å². The molecule has 1 heteroatoms. The van der Waals surface area contributed by atoms with Crippen molar-refractivity contribution in [3.05, 3.63) is 0 Å². The molecular formula is C40H66O. The van der Waals surface area contributed by atoms with Crippen LogP contribution in [0.15, 0.2) is 0 Å². The van der Waals surface area contributed by atoms with Crippen LogP contribution in [0.4, 0.5) is 0 Å². The highest BCUT2D eigenvalue weighted by atomic mass is 16.5. The second-order valence-electron chi connectivity index (χ2n) is 19.5. The summed E-state index contributed by atoms with van der Waals surface area (Å²) in [5.41, 5.74) is 2.91. The Morgan fingerprint density at radius 1 is 0.463 bits per heavy atom. The van der Waals surface area contributed by atoms with E-state index in [0.717, 1.165) is 58.4 Å². The number of fused-ring (bicyclic) bond motifs is 6. The molecule has 41 heavy (non-hydrogen) atoms. The molecule has 0 aromatic heterocycles. The van der Waals surface area contributed by atoms with E-state index in [2.05, 4.69) is 55.4 Å². The molecule has 2 heterocycles. The summed E-state index contributed by atoms with van der Waals surface area (Å²) in [4.78, 5) is 0. The summed E-state index contributed by atoms with van der Waals surface area (Å²) < 4.78 is 5.93. The average molecular weight is 563 g/mol. The summed E-state index contributed by atoms with van der Waals surface area (Å²) in [6.45, 7) is 20.2. The first kappa shape index (κ1) is 28.4. The van der Waals surface area contributed by atoms with E-state index >= 15 is 0 Å². The third-order valence-corrected chi connectivity index (χ3v) is 17.9. The molecule has 2 saturated heterocycles. The topological polar surface area (TPSA) is 9.23 Å². The lowest BCUT2D eigenvalue weighted by molar-refractivity contribution is -0.624. The maximum Gasteiger partial charge on any atom is 0.0705 e. The highest BCUT2D eigenvalue weighted by Gasteiger charge is 3.04. The zero-order valence-electron chi connectivity index (χ0n) is 28.4. The van der Waals surface area contributed by atoms with Gasteiger partial charge in [-0.1, -0.05) is 55.4 Å². The van der Waals surface area contributed by atoms with E-state index in [-0.39, 0.29) is 5.60 Å². The van der Waals surface area contributed by atoms with Gasteiger partial charge in [0.1, 0.15) is 0 Å². The monoisotopic (exact) mass is 563 g/mol. The largest absolute Gasteiger partial charge is 0.374 e. The minimum Gasteiger partial charge on any atom is -0.374 e. The predicted molar refractivity (Wildman–Crippen MR) is 170 cm³/mol. The summed E-state index contributed by atoms with van der Waals surface area (Å²) in [6.07, 6.45) is 19.4. The lowest BCUT2D eigenvalue weighted by atomic mass is 8.95. The zero-order chi connectivity index (χ0) is 28.7. The van der Waals surface area contributed by atoms with Crippen molar-refractivity contribution >= 4 is 0 Å². The maximum atomic E-state index is 5.93. The minimum absolute atomic E-state index is 0.286. The van der Waals surface area contributed by atoms with Crippen LogP contribution in [-0.2, 0) is 4.74 Å². The van der Waals surface area contributed by atoms with Crippen LogP contribution in [0.25, 0.3) is 0 Å². The molecule has 0 N–H and O–H groups in total. The van der Waals surface area contributed by atoms with Crippen molar-refractivity contribution in [3.8, 4) is 0 Å². The van der Waals surface area contributed by atoms with Crippen molar-refractivity contribution in [2.75, 3.05) is 6.61 Å². The molecule has 15 rings (SSSR count). The second-order valence-corrected chi connectivity index (χ2v) is 19.5. The van der Waals surface area contributed by atoms with Crippen LogP contribution in [0, 0.1) is 99.1 Å². The first-order chi connectivity index (χ1) is 19.5. The summed E-state index contributed by atoms with van der Waals surface area (Å²) in [6, 6.07) is 0. The number of rotatable bonds is 4. The van der Waals surface area contributed by atoms with Gasteiger partial charge in [-0.15, -0.1) is 0 Å². The molecule has 15 fully saturated rings. The van der Waals surface area contributed by atoms with Gasteiger partial charge in [0.15, 0.2) is 0 Å². The summed E-state index contributed by atoms with van der Waals surface area (Å²) >= 11 is 0. The molecule has 0 aromatic carbocycles. The lowest BCUT2D eigenvalue weighted by Gasteiger charge is -3.09. The van der Waals surface area contributed by atoms with Gasteiger partial charge in [0.05, 0.1) is 12.2 Å². The zero-order valence-corrected chi connectivity index (χ0v) is 28.4. The summed E-state index contributed by atoms with van der Waals surface area (Å²) in [5, 5.41) is 0. The lowest BCUT2D eigenvalue weighted by Crippen LogP contribution is -3.06. The standard InChI is InChI=1S/C11H14.C11H20.C10H18O.C8H14/c1-3(2)11-8-5-4-6(8)10(11)7(4)9(5)11;1-9(2)11-6-3-10(4-7-11)5-8-11;1-8(2)10-5-3-9(4-6-10)7-11-10;1-6(2)8-3-7(4-8)5-8/h3-10H,1-2H3;9-10H,3-8H2,1-2H3;8-9H,3-7H2,1-2H3;6-7H,3-5H2,1-2H3. The number of hydrogen-bond acceptors (Lipinski definition) is 1. The van der Waals surface area contributed by atoms with E-state index in [1.165, 1.54) is 106 Å². The molecule has 232 valence electrons. The Bertz CT molecular complexity index is 860. The fourth-order valence-corrected chi connectivity index (χ4v) is 14.6. The van der Waals surface area contributed by atoms with Gasteiger partial charge in [0.2, 0.25) is 0 Å². The van der Waals surface area contributed by atoms with Crippen molar-refractivity contribution < 1.29 is 4.74 Å². The van der Waals surface area contributed by atoms with Crippen LogP contribution in [0.1, 0.15) is 139 Å². The van der Waals surface area contributed by atoms with Gasteiger partial charge in [-0.3, -0.25) is 0 Å². The molecule has 0 radical (unpaired) electrons. The Labute approximate surface area is 254 Å². The molecule has 1 nitrogen and oxygen atoms in total.